The molecule has 0 spiro atoms. The van der Waals surface area contributed by atoms with E-state index in [9.17, 15) is 0 Å². The van der Waals surface area contributed by atoms with Crippen molar-refractivity contribution < 1.29 is 0 Å². The first kappa shape index (κ1) is 8.87. The van der Waals surface area contributed by atoms with Gasteiger partial charge in [0.25, 0.3) is 0 Å². The fourth-order valence-electron chi connectivity index (χ4n) is 1.37. The normalized spacial score (nSPS) is 9.92. The second kappa shape index (κ2) is 3.45. The quantitative estimate of drug-likeness (QED) is 0.551. The van der Waals surface area contributed by atoms with Gasteiger partial charge in [0.15, 0.2) is 0 Å². The van der Waals surface area contributed by atoms with E-state index in [0.717, 1.165) is 5.56 Å². The summed E-state index contributed by atoms with van der Waals surface area (Å²) in [7, 11) is 0. The van der Waals surface area contributed by atoms with Crippen LogP contribution in [0.25, 0.3) is 0 Å². The molecule has 0 saturated heterocycles. The van der Waals surface area contributed by atoms with E-state index in [1.807, 2.05) is 0 Å². The van der Waals surface area contributed by atoms with E-state index in [0.29, 0.717) is 5.92 Å². The highest BCUT2D eigenvalue weighted by atomic mass is 14.1. The van der Waals surface area contributed by atoms with Crippen molar-refractivity contribution in [3.63, 3.8) is 0 Å². The Kier molecular flexibility index (Phi) is 2.55. The molecule has 1 rings (SSSR count). The highest BCUT2D eigenvalue weighted by Gasteiger charge is 2.05. The minimum Gasteiger partial charge on any atom is -0.115 e. The Labute approximate surface area is 74.6 Å². The summed E-state index contributed by atoms with van der Waals surface area (Å²) in [6.45, 7) is 6.38. The maximum Gasteiger partial charge on any atom is 0.0306 e. The minimum atomic E-state index is 0.510. The lowest BCUT2D eigenvalue weighted by Crippen LogP contribution is -1.94. The molecule has 0 N–H and O–H groups in total. The largest absolute Gasteiger partial charge is 0.115 e. The number of rotatable bonds is 1. The summed E-state index contributed by atoms with van der Waals surface area (Å²) < 4.78 is 0. The standard InChI is InChI=1S/C12H14/c1-5-11-10(4)7-6-8-12(11)9(2)3/h1,6-9H,2-4H3. The van der Waals surface area contributed by atoms with Crippen LogP contribution in [0.4, 0.5) is 0 Å². The summed E-state index contributed by atoms with van der Waals surface area (Å²) >= 11 is 0. The molecule has 0 amide bonds. The molecule has 0 nitrogen and oxygen atoms in total. The van der Waals surface area contributed by atoms with Gasteiger partial charge in [0.1, 0.15) is 0 Å². The van der Waals surface area contributed by atoms with Crippen LogP contribution in [0.3, 0.4) is 0 Å². The second-order valence-electron chi connectivity index (χ2n) is 3.34. The van der Waals surface area contributed by atoms with Crippen molar-refractivity contribution in [2.75, 3.05) is 0 Å². The van der Waals surface area contributed by atoms with Gasteiger partial charge in [0, 0.05) is 5.56 Å². The van der Waals surface area contributed by atoms with E-state index in [1.54, 1.807) is 0 Å². The molecule has 0 aliphatic heterocycles. The predicted molar refractivity (Wildman–Crippen MR) is 53.2 cm³/mol. The predicted octanol–water partition coefficient (Wildman–Crippen LogP) is 3.10. The van der Waals surface area contributed by atoms with Crippen LogP contribution < -0.4 is 0 Å². The molecule has 0 aliphatic carbocycles. The van der Waals surface area contributed by atoms with Crippen LogP contribution in [-0.4, -0.2) is 0 Å². The molecule has 0 heteroatoms. The van der Waals surface area contributed by atoms with Crippen LogP contribution in [0.5, 0.6) is 0 Å². The highest BCUT2D eigenvalue weighted by Crippen LogP contribution is 2.20. The SMILES string of the molecule is C#Cc1c(C)cccc1C(C)C. The number of hydrogen-bond donors (Lipinski definition) is 0. The Hall–Kier alpha value is -1.22. The Bertz CT molecular complexity index is 313. The Morgan fingerprint density at radius 2 is 2.00 bits per heavy atom. The summed E-state index contributed by atoms with van der Waals surface area (Å²) in [5, 5.41) is 0. The number of aryl methyl sites for hydroxylation is 1. The maximum atomic E-state index is 5.44. The average Bonchev–Trinajstić information content (AvgIpc) is 2.03. The summed E-state index contributed by atoms with van der Waals surface area (Å²) in [5.74, 6) is 3.26. The fourth-order valence-corrected chi connectivity index (χ4v) is 1.37. The molecule has 1 aromatic carbocycles. The first-order valence-electron chi connectivity index (χ1n) is 4.23. The zero-order valence-electron chi connectivity index (χ0n) is 7.89. The van der Waals surface area contributed by atoms with Crippen LogP contribution in [0.1, 0.15) is 36.5 Å². The monoisotopic (exact) mass is 158 g/mol. The fraction of sp³-hybridized carbons (Fsp3) is 0.333. The van der Waals surface area contributed by atoms with Gasteiger partial charge in [0.2, 0.25) is 0 Å². The molecule has 0 bridgehead atoms. The van der Waals surface area contributed by atoms with Crippen molar-refractivity contribution in [2.45, 2.75) is 26.7 Å². The number of terminal acetylenes is 1. The van der Waals surface area contributed by atoms with Gasteiger partial charge in [-0.2, -0.15) is 0 Å². The summed E-state index contributed by atoms with van der Waals surface area (Å²) in [5.41, 5.74) is 3.54. The molecule has 12 heavy (non-hydrogen) atoms. The third kappa shape index (κ3) is 1.51. The van der Waals surface area contributed by atoms with Crippen LogP contribution in [0.15, 0.2) is 18.2 Å². The van der Waals surface area contributed by atoms with Gasteiger partial charge < -0.3 is 0 Å². The zero-order valence-corrected chi connectivity index (χ0v) is 7.89. The van der Waals surface area contributed by atoms with E-state index in [2.05, 4.69) is 44.9 Å². The van der Waals surface area contributed by atoms with Crippen molar-refractivity contribution in [1.29, 1.82) is 0 Å². The highest BCUT2D eigenvalue weighted by molar-refractivity contribution is 5.46. The molecule has 0 aromatic heterocycles. The molecule has 0 saturated carbocycles. The molecule has 0 fully saturated rings. The third-order valence-electron chi connectivity index (χ3n) is 2.07. The van der Waals surface area contributed by atoms with Crippen molar-refractivity contribution in [3.05, 3.63) is 34.9 Å². The molecule has 0 atom stereocenters. The lowest BCUT2D eigenvalue weighted by Gasteiger charge is -2.10. The second-order valence-corrected chi connectivity index (χ2v) is 3.34. The smallest absolute Gasteiger partial charge is 0.0306 e. The topological polar surface area (TPSA) is 0 Å². The van der Waals surface area contributed by atoms with E-state index >= 15 is 0 Å². The Morgan fingerprint density at radius 1 is 1.33 bits per heavy atom. The molecule has 0 heterocycles. The van der Waals surface area contributed by atoms with Gasteiger partial charge in [-0.05, 0) is 24.0 Å². The van der Waals surface area contributed by atoms with Crippen LogP contribution >= 0.6 is 0 Å². The molecular weight excluding hydrogens is 144 g/mol. The third-order valence-corrected chi connectivity index (χ3v) is 2.07. The van der Waals surface area contributed by atoms with E-state index < -0.39 is 0 Å². The average molecular weight is 158 g/mol. The van der Waals surface area contributed by atoms with Gasteiger partial charge in [-0.1, -0.05) is 38.0 Å². The van der Waals surface area contributed by atoms with Crippen molar-refractivity contribution in [2.24, 2.45) is 0 Å². The number of benzene rings is 1. The first-order chi connectivity index (χ1) is 5.66. The molecule has 62 valence electrons. The van der Waals surface area contributed by atoms with Gasteiger partial charge in [-0.15, -0.1) is 6.42 Å². The lowest BCUT2D eigenvalue weighted by atomic mass is 9.94. The molecular formula is C12H14. The van der Waals surface area contributed by atoms with Crippen LogP contribution in [-0.2, 0) is 0 Å². The zero-order chi connectivity index (χ0) is 9.14. The maximum absolute atomic E-state index is 5.44. The van der Waals surface area contributed by atoms with Gasteiger partial charge in [-0.3, -0.25) is 0 Å². The number of hydrogen-bond acceptors (Lipinski definition) is 0. The Morgan fingerprint density at radius 3 is 2.42 bits per heavy atom. The molecule has 0 radical (unpaired) electrons. The minimum absolute atomic E-state index is 0.510. The first-order valence-corrected chi connectivity index (χ1v) is 4.23. The van der Waals surface area contributed by atoms with Crippen LogP contribution in [0, 0.1) is 19.3 Å². The van der Waals surface area contributed by atoms with E-state index in [-0.39, 0.29) is 0 Å². The summed E-state index contributed by atoms with van der Waals surface area (Å²) in [4.78, 5) is 0. The lowest BCUT2D eigenvalue weighted by molar-refractivity contribution is 0.861. The van der Waals surface area contributed by atoms with Crippen molar-refractivity contribution in [3.8, 4) is 12.3 Å². The summed E-state index contributed by atoms with van der Waals surface area (Å²) in [6, 6.07) is 6.22. The summed E-state index contributed by atoms with van der Waals surface area (Å²) in [6.07, 6.45) is 5.44. The van der Waals surface area contributed by atoms with E-state index in [4.69, 9.17) is 6.42 Å². The van der Waals surface area contributed by atoms with Gasteiger partial charge >= 0.3 is 0 Å². The molecule has 1 aromatic rings. The van der Waals surface area contributed by atoms with Crippen LogP contribution in [0.2, 0.25) is 0 Å². The molecule has 0 unspecified atom stereocenters. The van der Waals surface area contributed by atoms with Crippen molar-refractivity contribution in [1.82, 2.24) is 0 Å². The van der Waals surface area contributed by atoms with Crippen molar-refractivity contribution >= 4 is 0 Å². The van der Waals surface area contributed by atoms with E-state index in [1.165, 1.54) is 11.1 Å². The molecule has 0 aliphatic rings. The van der Waals surface area contributed by atoms with Gasteiger partial charge in [0.05, 0.1) is 0 Å². The van der Waals surface area contributed by atoms with Gasteiger partial charge in [-0.25, -0.2) is 0 Å². The Balaban J connectivity index is 3.30.